The maximum atomic E-state index is 14.5. The van der Waals surface area contributed by atoms with Crippen LogP contribution < -0.4 is 15.5 Å². The third kappa shape index (κ3) is 5.84. The highest BCUT2D eigenvalue weighted by molar-refractivity contribution is 6.23. The van der Waals surface area contributed by atoms with Crippen LogP contribution in [-0.4, -0.2) is 117 Å². The van der Waals surface area contributed by atoms with E-state index < -0.39 is 52.8 Å². The molecular formula is C41H41F2N9O6. The molecule has 10 rings (SSSR count). The molecule has 2 aliphatic carbocycles. The van der Waals surface area contributed by atoms with Crippen molar-refractivity contribution in [2.45, 2.75) is 56.7 Å². The monoisotopic (exact) mass is 793 g/mol. The number of aromatic nitrogens is 4. The van der Waals surface area contributed by atoms with Gasteiger partial charge in [-0.3, -0.25) is 48.9 Å². The van der Waals surface area contributed by atoms with Crippen molar-refractivity contribution in [2.24, 2.45) is 17.3 Å². The largest absolute Gasteiger partial charge is 0.373 e. The predicted octanol–water partition coefficient (Wildman–Crippen LogP) is 3.06. The zero-order chi connectivity index (χ0) is 40.1. The van der Waals surface area contributed by atoms with Crippen LogP contribution in [0.2, 0.25) is 0 Å². The number of hydrogen-bond donors (Lipinski definition) is 3. The molecular weight excluding hydrogens is 753 g/mol. The molecule has 6 heterocycles. The highest BCUT2D eigenvalue weighted by Crippen LogP contribution is 2.70. The third-order valence-corrected chi connectivity index (χ3v) is 13.1. The number of nitrogens with zero attached hydrogens (tertiary/aromatic N) is 6. The smallest absolute Gasteiger partial charge is 0.276 e. The minimum Gasteiger partial charge on any atom is -0.373 e. The Morgan fingerprint density at radius 2 is 1.84 bits per heavy atom. The van der Waals surface area contributed by atoms with Gasteiger partial charge in [-0.2, -0.15) is 10.2 Å². The highest BCUT2D eigenvalue weighted by Gasteiger charge is 2.78. The van der Waals surface area contributed by atoms with Gasteiger partial charge in [0.05, 0.1) is 41.8 Å². The van der Waals surface area contributed by atoms with Crippen molar-refractivity contribution in [3.05, 3.63) is 94.6 Å². The van der Waals surface area contributed by atoms with Gasteiger partial charge >= 0.3 is 0 Å². The van der Waals surface area contributed by atoms with E-state index in [-0.39, 0.29) is 60.6 Å². The zero-order valence-corrected chi connectivity index (χ0v) is 31.6. The molecule has 3 saturated heterocycles. The standard InChI is InChI=1S/C41H41F2N9O6/c1-40-15-30-29(14-32(40)41(40,42)43)34(48-47-30)37(55)45-24-16-44-51(19-24)35(22-5-3-2-4-6-22)23-17-49(18-23)20-26-21-50(11-12-58-26)25-7-8-27-28(13-25)39(57)52(38(27)56)31-9-10-33(53)46-36(31)54/h2-8,13,16,19,23,26,31-32,35H,9-12,14-15,17-18,20-21H2,1H3,(H,45,55)(H,47,48)(H,46,53,54)/t26?,31?,32-,35+,40+/m0/s1. The molecule has 5 amide bonds. The Kier molecular flexibility index (Phi) is 8.42. The van der Waals surface area contributed by atoms with E-state index in [2.05, 4.69) is 47.9 Å². The summed E-state index contributed by atoms with van der Waals surface area (Å²) in [5.74, 6) is -5.94. The number of morpholine rings is 1. The van der Waals surface area contributed by atoms with Crippen LogP contribution in [0.3, 0.4) is 0 Å². The number of imide groups is 2. The van der Waals surface area contributed by atoms with E-state index in [0.717, 1.165) is 29.2 Å². The van der Waals surface area contributed by atoms with Crippen molar-refractivity contribution in [3.8, 4) is 0 Å². The average molecular weight is 794 g/mol. The fraction of sp³-hybridized carbons (Fsp3) is 0.439. The first-order chi connectivity index (χ1) is 27.9. The number of alkyl halides is 2. The van der Waals surface area contributed by atoms with Gasteiger partial charge in [0.2, 0.25) is 11.8 Å². The summed E-state index contributed by atoms with van der Waals surface area (Å²) in [6.07, 6.45) is 3.70. The van der Waals surface area contributed by atoms with E-state index in [1.807, 2.05) is 28.9 Å². The summed E-state index contributed by atoms with van der Waals surface area (Å²) in [6, 6.07) is 14.1. The number of benzene rings is 2. The van der Waals surface area contributed by atoms with Crippen molar-refractivity contribution in [1.82, 2.24) is 35.1 Å². The number of ether oxygens (including phenoxy) is 1. The molecule has 6 aliphatic rings. The minimum absolute atomic E-state index is 0.0590. The van der Waals surface area contributed by atoms with Crippen molar-refractivity contribution in [2.75, 3.05) is 49.5 Å². The lowest BCUT2D eigenvalue weighted by Crippen LogP contribution is -2.56. The fourth-order valence-corrected chi connectivity index (χ4v) is 9.80. The number of anilines is 2. The zero-order valence-electron chi connectivity index (χ0n) is 31.6. The summed E-state index contributed by atoms with van der Waals surface area (Å²) in [4.78, 5) is 69.6. The van der Waals surface area contributed by atoms with Crippen molar-refractivity contribution >= 4 is 40.9 Å². The number of halogens is 2. The number of amides is 5. The number of carbonyl (C=O) groups is 5. The highest BCUT2D eigenvalue weighted by atomic mass is 19.3. The molecule has 4 aromatic rings. The lowest BCUT2D eigenvalue weighted by Gasteiger charge is -2.46. The molecule has 4 fully saturated rings. The molecule has 0 radical (unpaired) electrons. The van der Waals surface area contributed by atoms with Crippen molar-refractivity contribution in [1.29, 1.82) is 0 Å². The van der Waals surface area contributed by atoms with Gasteiger partial charge in [-0.25, -0.2) is 8.78 Å². The first-order valence-electron chi connectivity index (χ1n) is 19.7. The normalized spacial score (nSPS) is 27.1. The number of aromatic amines is 1. The summed E-state index contributed by atoms with van der Waals surface area (Å²) in [6.45, 7) is 5.48. The Morgan fingerprint density at radius 1 is 1.05 bits per heavy atom. The number of hydrogen-bond acceptors (Lipinski definition) is 10. The van der Waals surface area contributed by atoms with Crippen LogP contribution in [0.1, 0.15) is 73.8 Å². The number of fused-ring (bicyclic) bond motifs is 3. The summed E-state index contributed by atoms with van der Waals surface area (Å²) >= 11 is 0. The van der Waals surface area contributed by atoms with Crippen molar-refractivity contribution < 1.29 is 37.5 Å². The summed E-state index contributed by atoms with van der Waals surface area (Å²) < 4.78 is 37.0. The maximum absolute atomic E-state index is 14.5. The first-order valence-corrected chi connectivity index (χ1v) is 19.7. The number of nitrogens with one attached hydrogen (secondary N) is 3. The van der Waals surface area contributed by atoms with Gasteiger partial charge in [-0.05, 0) is 36.6 Å². The Labute approximate surface area is 331 Å². The number of rotatable bonds is 9. The molecule has 15 nitrogen and oxygen atoms in total. The molecule has 2 aromatic carbocycles. The number of piperidine rings is 1. The fourth-order valence-electron chi connectivity index (χ4n) is 9.80. The van der Waals surface area contributed by atoms with Gasteiger partial charge in [0.15, 0.2) is 5.69 Å². The second kappa shape index (κ2) is 13.4. The van der Waals surface area contributed by atoms with Gasteiger partial charge in [0.25, 0.3) is 23.6 Å². The molecule has 0 spiro atoms. The Bertz CT molecular complexity index is 2380. The van der Waals surface area contributed by atoms with Crippen LogP contribution in [0.4, 0.5) is 20.2 Å². The van der Waals surface area contributed by atoms with Crippen LogP contribution in [0.25, 0.3) is 0 Å². The quantitative estimate of drug-likeness (QED) is 0.214. The molecule has 0 bridgehead atoms. The predicted molar refractivity (Wildman–Crippen MR) is 202 cm³/mol. The summed E-state index contributed by atoms with van der Waals surface area (Å²) in [7, 11) is 0. The van der Waals surface area contributed by atoms with E-state index >= 15 is 0 Å². The molecule has 58 heavy (non-hydrogen) atoms. The second-order valence-corrected chi connectivity index (χ2v) is 16.6. The summed E-state index contributed by atoms with van der Waals surface area (Å²) in [5, 5.41) is 16.8. The van der Waals surface area contributed by atoms with Crippen LogP contribution in [0.5, 0.6) is 0 Å². The SMILES string of the molecule is C[C@@]12Cc3[nH]nc(C(=O)Nc4cnn([C@H](c5ccccc5)C5CN(CC6CN(c7ccc8c(c7)C(=O)N(C7CCC(=O)NC7=O)C8=O)CCO6)C5)c4)c3C[C@@H]1C2(F)F. The molecule has 3 N–H and O–H groups in total. The number of H-pyrrole nitrogens is 1. The molecule has 4 aliphatic heterocycles. The molecule has 5 atom stereocenters. The summed E-state index contributed by atoms with van der Waals surface area (Å²) in [5.41, 5.74) is 3.03. The van der Waals surface area contributed by atoms with Gasteiger partial charge in [0.1, 0.15) is 6.04 Å². The minimum atomic E-state index is -2.75. The Morgan fingerprint density at radius 3 is 2.64 bits per heavy atom. The molecule has 300 valence electrons. The molecule has 17 heteroatoms. The van der Waals surface area contributed by atoms with Crippen molar-refractivity contribution in [3.63, 3.8) is 0 Å². The maximum Gasteiger partial charge on any atom is 0.276 e. The first kappa shape index (κ1) is 36.5. The van der Waals surface area contributed by atoms with Crippen LogP contribution in [-0.2, 0) is 27.2 Å². The molecule has 2 aromatic heterocycles. The molecule has 1 saturated carbocycles. The van der Waals surface area contributed by atoms with Gasteiger partial charge in [-0.1, -0.05) is 37.3 Å². The molecule has 2 unspecified atom stereocenters. The van der Waals surface area contributed by atoms with Gasteiger partial charge < -0.3 is 15.0 Å². The number of carbonyl (C=O) groups excluding carboxylic acids is 5. The topological polar surface area (TPSA) is 175 Å². The lowest BCUT2D eigenvalue weighted by molar-refractivity contribution is -0.136. The average Bonchev–Trinajstić information content (AvgIpc) is 3.70. The lowest BCUT2D eigenvalue weighted by atomic mass is 9.86. The van der Waals surface area contributed by atoms with Crippen LogP contribution >= 0.6 is 0 Å². The van der Waals surface area contributed by atoms with E-state index in [1.165, 1.54) is 0 Å². The van der Waals surface area contributed by atoms with Crippen LogP contribution in [0, 0.1) is 17.3 Å². The van der Waals surface area contributed by atoms with Crippen LogP contribution in [0.15, 0.2) is 60.9 Å². The number of likely N-dealkylation sites (tertiary alicyclic amines) is 1. The van der Waals surface area contributed by atoms with Gasteiger partial charge in [0, 0.05) is 86.0 Å². The van der Waals surface area contributed by atoms with E-state index in [1.54, 1.807) is 31.5 Å². The second-order valence-electron chi connectivity index (χ2n) is 16.6. The Balaban J connectivity index is 0.780. The third-order valence-electron chi connectivity index (χ3n) is 13.1. The van der Waals surface area contributed by atoms with E-state index in [4.69, 9.17) is 4.74 Å². The van der Waals surface area contributed by atoms with E-state index in [0.29, 0.717) is 43.2 Å². The van der Waals surface area contributed by atoms with Gasteiger partial charge in [-0.15, -0.1) is 0 Å². The van der Waals surface area contributed by atoms with E-state index in [9.17, 15) is 32.8 Å². The Hall–Kier alpha value is -5.81.